The van der Waals surface area contributed by atoms with Crippen molar-refractivity contribution in [3.63, 3.8) is 0 Å². The fraction of sp³-hybridized carbons (Fsp3) is 0.286. The van der Waals surface area contributed by atoms with E-state index in [1.54, 1.807) is 18.1 Å². The average molecular weight is 379 g/mol. The smallest absolute Gasteiger partial charge is 0.275 e. The normalized spacial score (nSPS) is 14.2. The lowest BCUT2D eigenvalue weighted by Gasteiger charge is -2.27. The summed E-state index contributed by atoms with van der Waals surface area (Å²) in [7, 11) is 1.61. The Balaban J connectivity index is 1.77. The predicted octanol–water partition coefficient (Wildman–Crippen LogP) is 1.93. The fourth-order valence-electron chi connectivity index (χ4n) is 3.35. The van der Waals surface area contributed by atoms with Gasteiger partial charge in [0, 0.05) is 24.0 Å². The molecule has 0 saturated carbocycles. The predicted molar refractivity (Wildman–Crippen MR) is 105 cm³/mol. The fourth-order valence-corrected chi connectivity index (χ4v) is 3.35. The lowest BCUT2D eigenvalue weighted by molar-refractivity contribution is -0.136. The van der Waals surface area contributed by atoms with Crippen molar-refractivity contribution < 1.29 is 14.3 Å². The molecule has 0 spiro atoms. The van der Waals surface area contributed by atoms with E-state index in [0.29, 0.717) is 37.4 Å². The van der Waals surface area contributed by atoms with E-state index < -0.39 is 0 Å². The first-order chi connectivity index (χ1) is 13.7. The number of aromatic nitrogens is 2. The van der Waals surface area contributed by atoms with E-state index in [2.05, 4.69) is 5.10 Å². The van der Waals surface area contributed by atoms with Gasteiger partial charge in [0.2, 0.25) is 5.91 Å². The second-order valence-corrected chi connectivity index (χ2v) is 6.58. The highest BCUT2D eigenvalue weighted by Crippen LogP contribution is 2.26. The Labute approximate surface area is 162 Å². The molecule has 28 heavy (non-hydrogen) atoms. The Hall–Kier alpha value is -3.19. The van der Waals surface area contributed by atoms with Gasteiger partial charge >= 0.3 is 0 Å². The van der Waals surface area contributed by atoms with Crippen molar-refractivity contribution in [2.24, 2.45) is 0 Å². The van der Waals surface area contributed by atoms with Gasteiger partial charge in [-0.1, -0.05) is 18.2 Å². The van der Waals surface area contributed by atoms with Crippen molar-refractivity contribution in [1.82, 2.24) is 14.7 Å². The molecule has 4 rings (SSSR count). The van der Waals surface area contributed by atoms with Crippen molar-refractivity contribution in [3.8, 4) is 17.0 Å². The lowest BCUT2D eigenvalue weighted by atomic mass is 10.0. The number of carbonyl (C=O) groups excluding carboxylic acids is 1. The van der Waals surface area contributed by atoms with Crippen LogP contribution in [0.1, 0.15) is 0 Å². The van der Waals surface area contributed by atoms with E-state index in [1.165, 1.54) is 4.68 Å². The molecule has 144 valence electrons. The molecule has 3 aromatic rings. The molecule has 0 bridgehead atoms. The van der Waals surface area contributed by atoms with Crippen molar-refractivity contribution in [3.05, 3.63) is 58.9 Å². The van der Waals surface area contributed by atoms with Crippen LogP contribution in [0.4, 0.5) is 0 Å². The first kappa shape index (κ1) is 18.2. The SMILES string of the molecule is COc1ccc(-c2nn(CC(=O)N3CCOCC3)c(=O)c3ccccc23)cc1. The summed E-state index contributed by atoms with van der Waals surface area (Å²) in [5.74, 6) is 0.609. The maximum Gasteiger partial charge on any atom is 0.275 e. The van der Waals surface area contributed by atoms with E-state index in [0.717, 1.165) is 16.7 Å². The molecule has 0 unspecified atom stereocenters. The Morgan fingerprint density at radius 2 is 1.75 bits per heavy atom. The summed E-state index contributed by atoms with van der Waals surface area (Å²) in [5.41, 5.74) is 1.24. The van der Waals surface area contributed by atoms with E-state index >= 15 is 0 Å². The van der Waals surface area contributed by atoms with Gasteiger partial charge in [0.1, 0.15) is 12.3 Å². The quantitative estimate of drug-likeness (QED) is 0.693. The van der Waals surface area contributed by atoms with Crippen LogP contribution in [0, 0.1) is 0 Å². The number of benzene rings is 2. The standard InChI is InChI=1S/C21H21N3O4/c1-27-16-8-6-15(7-9-16)20-17-4-2-3-5-18(17)21(26)24(22-20)14-19(25)23-10-12-28-13-11-23/h2-9H,10-14H2,1H3. The summed E-state index contributed by atoms with van der Waals surface area (Å²) in [6.07, 6.45) is 0. The number of fused-ring (bicyclic) bond motifs is 1. The third-order valence-corrected chi connectivity index (χ3v) is 4.88. The summed E-state index contributed by atoms with van der Waals surface area (Å²) in [5, 5.41) is 5.84. The summed E-state index contributed by atoms with van der Waals surface area (Å²) < 4.78 is 11.8. The molecular weight excluding hydrogens is 358 g/mol. The highest BCUT2D eigenvalue weighted by molar-refractivity contribution is 5.94. The summed E-state index contributed by atoms with van der Waals surface area (Å²) >= 11 is 0. The maximum absolute atomic E-state index is 12.9. The van der Waals surface area contributed by atoms with Crippen molar-refractivity contribution in [1.29, 1.82) is 0 Å². The zero-order valence-electron chi connectivity index (χ0n) is 15.6. The minimum atomic E-state index is -0.269. The topological polar surface area (TPSA) is 73.7 Å². The van der Waals surface area contributed by atoms with E-state index in [4.69, 9.17) is 9.47 Å². The Bertz CT molecular complexity index is 1050. The zero-order chi connectivity index (χ0) is 19.5. The van der Waals surface area contributed by atoms with Crippen LogP contribution in [0.5, 0.6) is 5.75 Å². The first-order valence-electron chi connectivity index (χ1n) is 9.17. The third kappa shape index (κ3) is 3.48. The van der Waals surface area contributed by atoms with Crippen LogP contribution in [0.2, 0.25) is 0 Å². The van der Waals surface area contributed by atoms with Gasteiger partial charge in [-0.3, -0.25) is 9.59 Å². The van der Waals surface area contributed by atoms with E-state index in [-0.39, 0.29) is 18.0 Å². The first-order valence-corrected chi connectivity index (χ1v) is 9.17. The van der Waals surface area contributed by atoms with E-state index in [1.807, 2.05) is 42.5 Å². The molecule has 7 nitrogen and oxygen atoms in total. The molecule has 1 amide bonds. The average Bonchev–Trinajstić information content (AvgIpc) is 2.76. The van der Waals surface area contributed by atoms with Crippen LogP contribution in [0.25, 0.3) is 22.0 Å². The Morgan fingerprint density at radius 3 is 2.43 bits per heavy atom. The number of hydrogen-bond acceptors (Lipinski definition) is 5. The second-order valence-electron chi connectivity index (χ2n) is 6.58. The van der Waals surface area contributed by atoms with Gasteiger partial charge in [-0.25, -0.2) is 4.68 Å². The van der Waals surface area contributed by atoms with Crippen molar-refractivity contribution in [2.75, 3.05) is 33.4 Å². The molecule has 1 fully saturated rings. The minimum absolute atomic E-state index is 0.0905. The number of amides is 1. The third-order valence-electron chi connectivity index (χ3n) is 4.88. The maximum atomic E-state index is 12.9. The van der Waals surface area contributed by atoms with Crippen LogP contribution in [-0.4, -0.2) is 54.0 Å². The molecule has 0 atom stereocenters. The molecule has 1 aliphatic rings. The highest BCUT2D eigenvalue weighted by Gasteiger charge is 2.20. The summed E-state index contributed by atoms with van der Waals surface area (Å²) in [6, 6.07) is 14.8. The van der Waals surface area contributed by atoms with Gasteiger partial charge in [0.25, 0.3) is 5.56 Å². The Morgan fingerprint density at radius 1 is 1.07 bits per heavy atom. The largest absolute Gasteiger partial charge is 0.497 e. The highest BCUT2D eigenvalue weighted by atomic mass is 16.5. The van der Waals surface area contributed by atoms with Crippen molar-refractivity contribution in [2.45, 2.75) is 6.54 Å². The van der Waals surface area contributed by atoms with Crippen LogP contribution in [0.15, 0.2) is 53.3 Å². The summed E-state index contributed by atoms with van der Waals surface area (Å²) in [4.78, 5) is 27.3. The number of ether oxygens (including phenoxy) is 2. The summed E-state index contributed by atoms with van der Waals surface area (Å²) in [6.45, 7) is 2.01. The number of hydrogen-bond donors (Lipinski definition) is 0. The number of methoxy groups -OCH3 is 1. The van der Waals surface area contributed by atoms with Gasteiger partial charge in [-0.15, -0.1) is 0 Å². The molecular formula is C21H21N3O4. The molecule has 0 radical (unpaired) electrons. The van der Waals surface area contributed by atoms with Crippen molar-refractivity contribution >= 4 is 16.7 Å². The number of rotatable bonds is 4. The van der Waals surface area contributed by atoms with Crippen LogP contribution < -0.4 is 10.3 Å². The molecule has 0 aliphatic carbocycles. The zero-order valence-corrected chi connectivity index (χ0v) is 15.6. The number of morpholine rings is 1. The Kier molecular flexibility index (Phi) is 5.08. The molecule has 1 saturated heterocycles. The van der Waals surface area contributed by atoms with Gasteiger partial charge in [0.15, 0.2) is 0 Å². The molecule has 0 N–H and O–H groups in total. The number of carbonyl (C=O) groups is 1. The van der Waals surface area contributed by atoms with E-state index in [9.17, 15) is 9.59 Å². The van der Waals surface area contributed by atoms with Gasteiger partial charge in [0.05, 0.1) is 31.4 Å². The van der Waals surface area contributed by atoms with Gasteiger partial charge < -0.3 is 14.4 Å². The molecule has 1 aliphatic heterocycles. The van der Waals surface area contributed by atoms with Crippen LogP contribution >= 0.6 is 0 Å². The number of nitrogens with zero attached hydrogens (tertiary/aromatic N) is 3. The molecule has 7 heteroatoms. The molecule has 2 heterocycles. The van der Waals surface area contributed by atoms with Gasteiger partial charge in [-0.2, -0.15) is 5.10 Å². The minimum Gasteiger partial charge on any atom is -0.497 e. The second kappa shape index (κ2) is 7.82. The molecule has 2 aromatic carbocycles. The monoisotopic (exact) mass is 379 g/mol. The molecule has 1 aromatic heterocycles. The van der Waals surface area contributed by atoms with Crippen LogP contribution in [-0.2, 0) is 16.1 Å². The van der Waals surface area contributed by atoms with Crippen LogP contribution in [0.3, 0.4) is 0 Å². The lowest BCUT2D eigenvalue weighted by Crippen LogP contribution is -2.43. The van der Waals surface area contributed by atoms with Gasteiger partial charge in [-0.05, 0) is 30.3 Å².